The smallest absolute Gasteiger partial charge is 0.253 e. The lowest BCUT2D eigenvalue weighted by atomic mass is 10.1. The van der Waals surface area contributed by atoms with Crippen molar-refractivity contribution >= 4 is 5.91 Å². The Bertz CT molecular complexity index is 624. The number of aliphatic hydroxyl groups is 1. The van der Waals surface area contributed by atoms with Crippen molar-refractivity contribution in [2.24, 2.45) is 0 Å². The molecule has 2 aromatic rings. The Hall–Kier alpha value is -2.20. The molecule has 0 aliphatic carbocycles. The van der Waals surface area contributed by atoms with E-state index in [1.807, 2.05) is 44.2 Å². The molecule has 0 bridgehead atoms. The van der Waals surface area contributed by atoms with Crippen LogP contribution in [0.25, 0.3) is 0 Å². The van der Waals surface area contributed by atoms with E-state index in [1.165, 1.54) is 0 Å². The Labute approximate surface area is 118 Å². The van der Waals surface area contributed by atoms with E-state index >= 15 is 0 Å². The van der Waals surface area contributed by atoms with Crippen LogP contribution in [0.15, 0.2) is 36.4 Å². The summed E-state index contributed by atoms with van der Waals surface area (Å²) in [6.07, 6.45) is 0. The minimum absolute atomic E-state index is 0.0306. The third kappa shape index (κ3) is 3.22. The van der Waals surface area contributed by atoms with Crippen molar-refractivity contribution in [3.63, 3.8) is 0 Å². The summed E-state index contributed by atoms with van der Waals surface area (Å²) < 4.78 is 0. The maximum Gasteiger partial charge on any atom is 0.253 e. The number of aryl methyl sites for hydroxylation is 2. The van der Waals surface area contributed by atoms with Crippen molar-refractivity contribution in [3.8, 4) is 0 Å². The van der Waals surface area contributed by atoms with Gasteiger partial charge in [-0.05, 0) is 37.1 Å². The molecule has 0 fully saturated rings. The highest BCUT2D eigenvalue weighted by Crippen LogP contribution is 2.10. The Morgan fingerprint density at radius 1 is 1.15 bits per heavy atom. The number of benzene rings is 1. The molecule has 2 rings (SSSR count). The van der Waals surface area contributed by atoms with E-state index in [4.69, 9.17) is 0 Å². The summed E-state index contributed by atoms with van der Waals surface area (Å²) in [5, 5.41) is 12.1. The van der Waals surface area contributed by atoms with Gasteiger partial charge in [-0.3, -0.25) is 9.78 Å². The maximum absolute atomic E-state index is 12.1. The zero-order chi connectivity index (χ0) is 14.5. The number of carbonyl (C=O) groups excluding carboxylic acids is 1. The molecule has 0 atom stereocenters. The Kier molecular flexibility index (Phi) is 4.48. The van der Waals surface area contributed by atoms with Crippen LogP contribution in [0.4, 0.5) is 0 Å². The summed E-state index contributed by atoms with van der Waals surface area (Å²) in [6, 6.07) is 11.1. The van der Waals surface area contributed by atoms with Crippen LogP contribution in [0.3, 0.4) is 0 Å². The molecule has 4 heteroatoms. The molecular formula is C16H18N2O2. The molecule has 1 aromatic carbocycles. The Morgan fingerprint density at radius 2 is 1.85 bits per heavy atom. The Balaban J connectivity index is 2.09. The second kappa shape index (κ2) is 6.30. The molecule has 0 aliphatic rings. The molecule has 20 heavy (non-hydrogen) atoms. The van der Waals surface area contributed by atoms with Gasteiger partial charge >= 0.3 is 0 Å². The number of hydrogen-bond acceptors (Lipinski definition) is 3. The molecule has 0 saturated heterocycles. The lowest BCUT2D eigenvalue weighted by Crippen LogP contribution is -2.24. The number of rotatable bonds is 4. The summed E-state index contributed by atoms with van der Waals surface area (Å²) in [6.45, 7) is 4.08. The van der Waals surface area contributed by atoms with E-state index < -0.39 is 0 Å². The largest absolute Gasteiger partial charge is 0.392 e. The SMILES string of the molecule is Cc1ccc(C(=O)NCc2ccccc2CO)c(C)n1. The van der Waals surface area contributed by atoms with Crippen LogP contribution in [-0.4, -0.2) is 16.0 Å². The number of pyridine rings is 1. The zero-order valence-corrected chi connectivity index (χ0v) is 11.7. The summed E-state index contributed by atoms with van der Waals surface area (Å²) >= 11 is 0. The lowest BCUT2D eigenvalue weighted by molar-refractivity contribution is 0.0949. The second-order valence-electron chi connectivity index (χ2n) is 4.70. The van der Waals surface area contributed by atoms with E-state index in [0.717, 1.165) is 22.5 Å². The standard InChI is InChI=1S/C16H18N2O2/c1-11-7-8-15(12(2)18-11)16(20)17-9-13-5-3-4-6-14(13)10-19/h3-8,19H,9-10H2,1-2H3,(H,17,20). The number of hydrogen-bond donors (Lipinski definition) is 2. The van der Waals surface area contributed by atoms with Crippen LogP contribution in [0.5, 0.6) is 0 Å². The van der Waals surface area contributed by atoms with Gasteiger partial charge in [0.1, 0.15) is 0 Å². The van der Waals surface area contributed by atoms with Crippen molar-refractivity contribution in [1.29, 1.82) is 0 Å². The molecular weight excluding hydrogens is 252 g/mol. The average molecular weight is 270 g/mol. The molecule has 4 nitrogen and oxygen atoms in total. The molecule has 0 saturated carbocycles. The van der Waals surface area contributed by atoms with Crippen LogP contribution < -0.4 is 5.32 Å². The van der Waals surface area contributed by atoms with Crippen LogP contribution >= 0.6 is 0 Å². The van der Waals surface area contributed by atoms with Gasteiger partial charge in [0.15, 0.2) is 0 Å². The van der Waals surface area contributed by atoms with Crippen LogP contribution in [0.1, 0.15) is 32.9 Å². The summed E-state index contributed by atoms with van der Waals surface area (Å²) in [4.78, 5) is 16.4. The predicted octanol–water partition coefficient (Wildman–Crippen LogP) is 2.12. The zero-order valence-electron chi connectivity index (χ0n) is 11.7. The lowest BCUT2D eigenvalue weighted by Gasteiger charge is -2.10. The maximum atomic E-state index is 12.1. The predicted molar refractivity (Wildman–Crippen MR) is 77.2 cm³/mol. The third-order valence-electron chi connectivity index (χ3n) is 3.20. The number of nitrogens with one attached hydrogen (secondary N) is 1. The normalized spacial score (nSPS) is 10.3. The molecule has 0 unspecified atom stereocenters. The van der Waals surface area contributed by atoms with Crippen molar-refractivity contribution in [1.82, 2.24) is 10.3 Å². The quantitative estimate of drug-likeness (QED) is 0.894. The second-order valence-corrected chi connectivity index (χ2v) is 4.70. The van der Waals surface area contributed by atoms with Gasteiger partial charge in [-0.2, -0.15) is 0 Å². The summed E-state index contributed by atoms with van der Waals surface area (Å²) in [7, 11) is 0. The van der Waals surface area contributed by atoms with Gasteiger partial charge < -0.3 is 10.4 Å². The van der Waals surface area contributed by atoms with Gasteiger partial charge in [0.05, 0.1) is 17.9 Å². The third-order valence-corrected chi connectivity index (χ3v) is 3.20. The Morgan fingerprint density at radius 3 is 2.50 bits per heavy atom. The monoisotopic (exact) mass is 270 g/mol. The molecule has 104 valence electrons. The van der Waals surface area contributed by atoms with E-state index in [2.05, 4.69) is 10.3 Å². The highest BCUT2D eigenvalue weighted by molar-refractivity contribution is 5.95. The number of aromatic nitrogens is 1. The fraction of sp³-hybridized carbons (Fsp3) is 0.250. The van der Waals surface area contributed by atoms with E-state index in [9.17, 15) is 9.90 Å². The van der Waals surface area contributed by atoms with Crippen LogP contribution in [-0.2, 0) is 13.2 Å². The molecule has 1 amide bonds. The van der Waals surface area contributed by atoms with Crippen molar-refractivity contribution < 1.29 is 9.90 Å². The summed E-state index contributed by atoms with van der Waals surface area (Å²) in [5.41, 5.74) is 3.94. The number of aliphatic hydroxyl groups excluding tert-OH is 1. The van der Waals surface area contributed by atoms with Gasteiger partial charge in [-0.25, -0.2) is 0 Å². The highest BCUT2D eigenvalue weighted by Gasteiger charge is 2.10. The van der Waals surface area contributed by atoms with E-state index in [1.54, 1.807) is 6.07 Å². The van der Waals surface area contributed by atoms with Crippen molar-refractivity contribution in [2.75, 3.05) is 0 Å². The van der Waals surface area contributed by atoms with Crippen molar-refractivity contribution in [2.45, 2.75) is 27.0 Å². The first-order chi connectivity index (χ1) is 9.61. The molecule has 1 heterocycles. The van der Waals surface area contributed by atoms with Crippen LogP contribution in [0.2, 0.25) is 0 Å². The first-order valence-electron chi connectivity index (χ1n) is 6.52. The van der Waals surface area contributed by atoms with E-state index in [0.29, 0.717) is 12.1 Å². The molecule has 1 aromatic heterocycles. The van der Waals surface area contributed by atoms with Gasteiger partial charge in [0.25, 0.3) is 5.91 Å². The van der Waals surface area contributed by atoms with Gasteiger partial charge in [0, 0.05) is 12.2 Å². The number of carbonyl (C=O) groups is 1. The first kappa shape index (κ1) is 14.2. The fourth-order valence-corrected chi connectivity index (χ4v) is 2.08. The van der Waals surface area contributed by atoms with Gasteiger partial charge in [-0.1, -0.05) is 24.3 Å². The van der Waals surface area contributed by atoms with Gasteiger partial charge in [-0.15, -0.1) is 0 Å². The minimum Gasteiger partial charge on any atom is -0.392 e. The fourth-order valence-electron chi connectivity index (χ4n) is 2.08. The molecule has 2 N–H and O–H groups in total. The molecule has 0 aliphatic heterocycles. The van der Waals surface area contributed by atoms with Crippen LogP contribution in [0, 0.1) is 13.8 Å². The number of amides is 1. The molecule has 0 spiro atoms. The average Bonchev–Trinajstić information content (AvgIpc) is 2.45. The summed E-state index contributed by atoms with van der Waals surface area (Å²) in [5.74, 6) is -0.150. The van der Waals surface area contributed by atoms with Crippen molar-refractivity contribution in [3.05, 3.63) is 64.5 Å². The minimum atomic E-state index is -0.150. The topological polar surface area (TPSA) is 62.2 Å². The highest BCUT2D eigenvalue weighted by atomic mass is 16.3. The number of nitrogens with zero attached hydrogens (tertiary/aromatic N) is 1. The van der Waals surface area contributed by atoms with Gasteiger partial charge in [0.2, 0.25) is 0 Å². The first-order valence-corrected chi connectivity index (χ1v) is 6.52. The van der Waals surface area contributed by atoms with E-state index in [-0.39, 0.29) is 12.5 Å². The molecule has 0 radical (unpaired) electrons.